The zero-order valence-electron chi connectivity index (χ0n) is 14.9. The molecule has 0 saturated carbocycles. The fourth-order valence-electron chi connectivity index (χ4n) is 2.76. The molecule has 0 aromatic heterocycles. The van der Waals surface area contributed by atoms with Gasteiger partial charge in [-0.25, -0.2) is 0 Å². The minimum atomic E-state index is -2.66. The first-order chi connectivity index (χ1) is 12.4. The third-order valence-electron chi connectivity index (χ3n) is 4.01. The van der Waals surface area contributed by atoms with E-state index >= 15 is 0 Å². The Morgan fingerprint density at radius 1 is 1.04 bits per heavy atom. The second-order valence-corrected chi connectivity index (χ2v) is 7.92. The lowest BCUT2D eigenvalue weighted by molar-refractivity contribution is -0.201. The number of carbonyl (C=O) groups excluding carboxylic acids is 2. The molecule has 1 unspecified atom stereocenters. The number of hydrogen-bond donors (Lipinski definition) is 0. The summed E-state index contributed by atoms with van der Waals surface area (Å²) in [6, 6.07) is 15.1. The molecular formula is C19H20O6Si. The van der Waals surface area contributed by atoms with Crippen molar-refractivity contribution in [3.05, 3.63) is 59.7 Å². The van der Waals surface area contributed by atoms with Crippen LogP contribution in [0.1, 0.15) is 31.9 Å². The van der Waals surface area contributed by atoms with E-state index in [0.717, 1.165) is 11.1 Å². The lowest BCUT2D eigenvalue weighted by Gasteiger charge is -2.36. The summed E-state index contributed by atoms with van der Waals surface area (Å²) in [5.74, 6) is -1.16. The smallest absolute Gasteiger partial charge is 0.483 e. The molecule has 1 heterocycles. The zero-order chi connectivity index (χ0) is 18.7. The maximum absolute atomic E-state index is 11.3. The molecule has 7 heteroatoms. The number of hydrogen-bond acceptors (Lipinski definition) is 6. The van der Waals surface area contributed by atoms with Gasteiger partial charge in [-0.15, -0.1) is 0 Å². The van der Waals surface area contributed by atoms with Crippen molar-refractivity contribution in [3.8, 4) is 5.75 Å². The van der Waals surface area contributed by atoms with E-state index in [-0.39, 0.29) is 0 Å². The summed E-state index contributed by atoms with van der Waals surface area (Å²) in [7, 11) is -2.66. The number of rotatable bonds is 4. The molecule has 26 heavy (non-hydrogen) atoms. The highest BCUT2D eigenvalue weighted by molar-refractivity contribution is 6.64. The third-order valence-corrected chi connectivity index (χ3v) is 6.00. The number of benzene rings is 2. The molecular weight excluding hydrogens is 352 g/mol. The maximum atomic E-state index is 11.3. The van der Waals surface area contributed by atoms with Crippen LogP contribution in [0.15, 0.2) is 48.5 Å². The van der Waals surface area contributed by atoms with Crippen LogP contribution in [-0.4, -0.2) is 21.2 Å². The minimum Gasteiger partial charge on any atom is -0.484 e. The first kappa shape index (κ1) is 18.2. The lowest BCUT2D eigenvalue weighted by atomic mass is 10.1. The molecule has 0 radical (unpaired) electrons. The summed E-state index contributed by atoms with van der Waals surface area (Å²) < 4.78 is 22.5. The number of carbonyl (C=O) groups is 2. The van der Waals surface area contributed by atoms with Crippen LogP contribution in [0.2, 0.25) is 0 Å². The molecule has 2 aromatic rings. The Balaban J connectivity index is 1.86. The van der Waals surface area contributed by atoms with Gasteiger partial charge < -0.3 is 18.3 Å². The highest BCUT2D eigenvalue weighted by Crippen LogP contribution is 2.36. The Kier molecular flexibility index (Phi) is 5.10. The Morgan fingerprint density at radius 3 is 2.31 bits per heavy atom. The average molecular weight is 372 g/mol. The van der Waals surface area contributed by atoms with Crippen LogP contribution in [0.4, 0.5) is 0 Å². The predicted molar refractivity (Wildman–Crippen MR) is 96.0 cm³/mol. The van der Waals surface area contributed by atoms with E-state index < -0.39 is 27.0 Å². The molecule has 0 fully saturated rings. The van der Waals surface area contributed by atoms with E-state index in [1.54, 1.807) is 12.1 Å². The van der Waals surface area contributed by atoms with Crippen molar-refractivity contribution in [1.82, 2.24) is 0 Å². The summed E-state index contributed by atoms with van der Waals surface area (Å²) in [6.45, 7) is 4.78. The van der Waals surface area contributed by atoms with Crippen molar-refractivity contribution in [2.45, 2.75) is 33.2 Å². The van der Waals surface area contributed by atoms with Gasteiger partial charge >= 0.3 is 9.28 Å². The van der Waals surface area contributed by atoms with E-state index in [1.807, 2.05) is 43.3 Å². The maximum Gasteiger partial charge on any atom is 0.483 e. The Morgan fingerprint density at radius 2 is 1.69 bits per heavy atom. The van der Waals surface area contributed by atoms with E-state index in [2.05, 4.69) is 0 Å². The fraction of sp³-hybridized carbons (Fsp3) is 0.263. The van der Waals surface area contributed by atoms with Crippen LogP contribution in [-0.2, 0) is 35.6 Å². The van der Waals surface area contributed by atoms with Gasteiger partial charge in [-0.3, -0.25) is 9.59 Å². The molecule has 3 rings (SSSR count). The summed E-state index contributed by atoms with van der Waals surface area (Å²) in [6.07, 6.45) is 0. The largest absolute Gasteiger partial charge is 0.484 e. The summed E-state index contributed by atoms with van der Waals surface area (Å²) in [5, 5.41) is 0.671. The normalized spacial score (nSPS) is 18.6. The Labute approximate surface area is 153 Å². The van der Waals surface area contributed by atoms with Gasteiger partial charge in [-0.1, -0.05) is 36.4 Å². The monoisotopic (exact) mass is 372 g/mol. The molecule has 6 nitrogen and oxygen atoms in total. The van der Waals surface area contributed by atoms with Crippen LogP contribution in [0, 0.1) is 0 Å². The molecule has 0 aliphatic carbocycles. The van der Waals surface area contributed by atoms with E-state index in [9.17, 15) is 9.59 Å². The van der Waals surface area contributed by atoms with Gasteiger partial charge in [-0.2, -0.15) is 0 Å². The molecule has 1 aliphatic heterocycles. The molecule has 0 spiro atoms. The topological polar surface area (TPSA) is 71.1 Å². The molecule has 0 saturated heterocycles. The van der Waals surface area contributed by atoms with Gasteiger partial charge in [0.1, 0.15) is 5.75 Å². The van der Waals surface area contributed by atoms with E-state index in [0.29, 0.717) is 17.5 Å². The van der Waals surface area contributed by atoms with Gasteiger partial charge in [0, 0.05) is 37.1 Å². The van der Waals surface area contributed by atoms with Gasteiger partial charge in [0.2, 0.25) is 5.79 Å². The quantitative estimate of drug-likeness (QED) is 0.765. The second kappa shape index (κ2) is 7.31. The molecule has 0 bridgehead atoms. The molecule has 2 aromatic carbocycles. The molecule has 136 valence electrons. The van der Waals surface area contributed by atoms with E-state index in [1.165, 1.54) is 13.8 Å². The first-order valence-corrected chi connectivity index (χ1v) is 9.75. The summed E-state index contributed by atoms with van der Waals surface area (Å²) in [4.78, 5) is 22.6. The standard InChI is InChI=1S/C19H20O6Si/c1-13(20)24-26(25-14(2)21)17-9-10-18-15(11-17)12-22-19(3,23-18)16-7-5-4-6-8-16/h4-11,26H,12H2,1-3H3. The van der Waals surface area contributed by atoms with Crippen LogP contribution >= 0.6 is 0 Å². The van der Waals surface area contributed by atoms with Gasteiger partial charge in [0.05, 0.1) is 6.61 Å². The van der Waals surface area contributed by atoms with Crippen molar-refractivity contribution < 1.29 is 27.9 Å². The van der Waals surface area contributed by atoms with Crippen molar-refractivity contribution in [1.29, 1.82) is 0 Å². The van der Waals surface area contributed by atoms with Crippen molar-refractivity contribution in [2.24, 2.45) is 0 Å². The Bertz CT molecular complexity index is 806. The van der Waals surface area contributed by atoms with Crippen LogP contribution < -0.4 is 9.92 Å². The SMILES string of the molecule is CC(=O)O[SiH](OC(C)=O)c1ccc2c(c1)COC(C)(c1ccccc1)O2. The molecule has 1 aliphatic rings. The molecule has 0 amide bonds. The zero-order valence-corrected chi connectivity index (χ0v) is 16.0. The van der Waals surface area contributed by atoms with Crippen LogP contribution in [0.5, 0.6) is 5.75 Å². The highest BCUT2D eigenvalue weighted by atomic mass is 28.3. The Hall–Kier alpha value is -2.64. The number of fused-ring (bicyclic) bond motifs is 1. The fourth-order valence-corrected chi connectivity index (χ4v) is 4.27. The second-order valence-electron chi connectivity index (χ2n) is 6.12. The van der Waals surface area contributed by atoms with E-state index in [4.69, 9.17) is 18.3 Å². The predicted octanol–water partition coefficient (Wildman–Crippen LogP) is 2.02. The van der Waals surface area contributed by atoms with Crippen LogP contribution in [0.3, 0.4) is 0 Å². The van der Waals surface area contributed by atoms with Gasteiger partial charge in [0.15, 0.2) is 0 Å². The van der Waals surface area contributed by atoms with Gasteiger partial charge in [0.25, 0.3) is 11.9 Å². The summed E-state index contributed by atoms with van der Waals surface area (Å²) in [5.41, 5.74) is 1.73. The number of ether oxygens (including phenoxy) is 2. The lowest BCUT2D eigenvalue weighted by Crippen LogP contribution is -2.41. The van der Waals surface area contributed by atoms with Crippen molar-refractivity contribution >= 4 is 26.4 Å². The van der Waals surface area contributed by atoms with Crippen molar-refractivity contribution in [3.63, 3.8) is 0 Å². The van der Waals surface area contributed by atoms with Gasteiger partial charge in [-0.05, 0) is 12.1 Å². The van der Waals surface area contributed by atoms with Crippen molar-refractivity contribution in [2.75, 3.05) is 0 Å². The summed E-state index contributed by atoms with van der Waals surface area (Å²) >= 11 is 0. The third kappa shape index (κ3) is 3.95. The average Bonchev–Trinajstić information content (AvgIpc) is 2.61. The molecule has 0 N–H and O–H groups in total. The molecule has 1 atom stereocenters. The first-order valence-electron chi connectivity index (χ1n) is 8.23. The van der Waals surface area contributed by atoms with Crippen LogP contribution in [0.25, 0.3) is 0 Å². The minimum absolute atomic E-state index is 0.329. The highest BCUT2D eigenvalue weighted by Gasteiger charge is 2.35.